The molecule has 0 amide bonds. The second-order valence-electron chi connectivity index (χ2n) is 6.75. The zero-order valence-corrected chi connectivity index (χ0v) is 13.0. The Hall–Kier alpha value is -2.16. The van der Waals surface area contributed by atoms with E-state index in [-0.39, 0.29) is 0 Å². The van der Waals surface area contributed by atoms with Crippen LogP contribution in [0.4, 0.5) is 0 Å². The fourth-order valence-electron chi connectivity index (χ4n) is 4.45. The van der Waals surface area contributed by atoms with Crippen molar-refractivity contribution in [1.82, 2.24) is 0 Å². The summed E-state index contributed by atoms with van der Waals surface area (Å²) in [5.41, 5.74) is 5.60. The van der Waals surface area contributed by atoms with Crippen LogP contribution in [-0.4, -0.2) is 16.3 Å². The van der Waals surface area contributed by atoms with Gasteiger partial charge in [0.25, 0.3) is 0 Å². The van der Waals surface area contributed by atoms with Gasteiger partial charge in [0.2, 0.25) is 0 Å². The van der Waals surface area contributed by atoms with Crippen molar-refractivity contribution >= 4 is 27.1 Å². The van der Waals surface area contributed by atoms with E-state index in [4.69, 9.17) is 0 Å². The molecule has 0 radical (unpaired) electrons. The molecule has 0 saturated heterocycles. The number of allylic oxidation sites excluding steroid dienone is 1. The predicted octanol–water partition coefficient (Wildman–Crippen LogP) is 4.12. The van der Waals surface area contributed by atoms with Crippen molar-refractivity contribution in [3.8, 4) is 0 Å². The van der Waals surface area contributed by atoms with Gasteiger partial charge in [-0.3, -0.25) is 0 Å². The molecule has 0 saturated carbocycles. The summed E-state index contributed by atoms with van der Waals surface area (Å²) in [5.74, 6) is 0. The van der Waals surface area contributed by atoms with E-state index in [0.29, 0.717) is 0 Å². The first kappa shape index (κ1) is 13.3. The topological polar surface area (TPSA) is 40.5 Å². The summed E-state index contributed by atoms with van der Waals surface area (Å²) in [6.07, 6.45) is 0.346. The van der Waals surface area contributed by atoms with Crippen molar-refractivity contribution in [1.29, 1.82) is 0 Å². The molecule has 2 aliphatic rings. The van der Waals surface area contributed by atoms with E-state index in [1.54, 1.807) is 0 Å². The van der Waals surface area contributed by atoms with Gasteiger partial charge in [0.05, 0.1) is 0 Å². The first-order chi connectivity index (χ1) is 11.2. The molecule has 0 fully saturated rings. The van der Waals surface area contributed by atoms with Crippen molar-refractivity contribution in [2.75, 3.05) is 0 Å². The Bertz CT molecular complexity index is 1010. The Morgan fingerprint density at radius 3 is 2.57 bits per heavy atom. The minimum Gasteiger partial charge on any atom is -0.386 e. The van der Waals surface area contributed by atoms with Gasteiger partial charge in [0.1, 0.15) is 12.2 Å². The lowest BCUT2D eigenvalue weighted by Gasteiger charge is -2.29. The molecule has 0 spiro atoms. The molecule has 0 bridgehead atoms. The van der Waals surface area contributed by atoms with Crippen molar-refractivity contribution in [3.63, 3.8) is 0 Å². The maximum Gasteiger partial charge on any atom is 0.109 e. The molecule has 2 atom stereocenters. The number of rotatable bonds is 0. The van der Waals surface area contributed by atoms with Crippen molar-refractivity contribution in [2.45, 2.75) is 32.0 Å². The third-order valence-corrected chi connectivity index (χ3v) is 5.65. The molecule has 2 nitrogen and oxygen atoms in total. The van der Waals surface area contributed by atoms with Crippen LogP contribution < -0.4 is 0 Å². The zero-order valence-electron chi connectivity index (χ0n) is 13.0. The van der Waals surface area contributed by atoms with Crippen molar-refractivity contribution < 1.29 is 10.2 Å². The summed E-state index contributed by atoms with van der Waals surface area (Å²) >= 11 is 0. The molecule has 3 aromatic carbocycles. The van der Waals surface area contributed by atoms with Crippen LogP contribution in [0.1, 0.15) is 36.1 Å². The number of hydrogen-bond donors (Lipinski definition) is 2. The average molecular weight is 302 g/mol. The van der Waals surface area contributed by atoms with Gasteiger partial charge < -0.3 is 10.2 Å². The normalized spacial score (nSPS) is 22.9. The standard InChI is InChI=1S/C21H18O2/c1-11-13-8-9-16-15-7-6-12-4-2-3-5-14(12)17(15)10-18(19(13)16)21(23)20(11)22/h2-7,10,20-23H,8-9H2,1H3/t20-,21-/m0/s1. The van der Waals surface area contributed by atoms with Crippen LogP contribution in [-0.2, 0) is 6.42 Å². The maximum atomic E-state index is 10.6. The number of aliphatic hydroxyl groups excluding tert-OH is 2. The Labute approximate surface area is 134 Å². The third-order valence-electron chi connectivity index (χ3n) is 5.65. The monoisotopic (exact) mass is 302 g/mol. The molecule has 0 unspecified atom stereocenters. The molecule has 2 aliphatic carbocycles. The Morgan fingerprint density at radius 1 is 0.870 bits per heavy atom. The van der Waals surface area contributed by atoms with Crippen LogP contribution in [0, 0.1) is 0 Å². The van der Waals surface area contributed by atoms with E-state index >= 15 is 0 Å². The van der Waals surface area contributed by atoms with E-state index < -0.39 is 12.2 Å². The van der Waals surface area contributed by atoms with Crippen molar-refractivity contribution in [2.24, 2.45) is 0 Å². The molecular formula is C21H18O2. The molecule has 0 aliphatic heterocycles. The molecular weight excluding hydrogens is 284 g/mol. The van der Waals surface area contributed by atoms with E-state index in [1.165, 1.54) is 38.2 Å². The average Bonchev–Trinajstić information content (AvgIpc) is 3.03. The Kier molecular flexibility index (Phi) is 2.56. The van der Waals surface area contributed by atoms with Gasteiger partial charge in [-0.25, -0.2) is 0 Å². The maximum absolute atomic E-state index is 10.6. The Balaban J connectivity index is 1.98. The van der Waals surface area contributed by atoms with Crippen molar-refractivity contribution in [3.05, 3.63) is 64.7 Å². The van der Waals surface area contributed by atoms with Crippen LogP contribution in [0.5, 0.6) is 0 Å². The summed E-state index contributed by atoms with van der Waals surface area (Å²) < 4.78 is 0. The van der Waals surface area contributed by atoms with Gasteiger partial charge in [-0.2, -0.15) is 0 Å². The molecule has 114 valence electrons. The fourth-order valence-corrected chi connectivity index (χ4v) is 4.45. The summed E-state index contributed by atoms with van der Waals surface area (Å²) in [6, 6.07) is 14.9. The summed E-state index contributed by atoms with van der Waals surface area (Å²) in [4.78, 5) is 0. The highest BCUT2D eigenvalue weighted by Crippen LogP contribution is 2.48. The van der Waals surface area contributed by atoms with Gasteiger partial charge in [0, 0.05) is 0 Å². The van der Waals surface area contributed by atoms with Crippen LogP contribution in [0.25, 0.3) is 27.1 Å². The number of fused-ring (bicyclic) bond motifs is 4. The smallest absolute Gasteiger partial charge is 0.109 e. The fraction of sp³-hybridized carbons (Fsp3) is 0.238. The molecule has 23 heavy (non-hydrogen) atoms. The number of aryl methyl sites for hydroxylation is 1. The first-order valence-corrected chi connectivity index (χ1v) is 8.20. The predicted molar refractivity (Wildman–Crippen MR) is 93.3 cm³/mol. The molecule has 2 N–H and O–H groups in total. The minimum absolute atomic E-state index is 0.782. The first-order valence-electron chi connectivity index (χ1n) is 8.20. The largest absolute Gasteiger partial charge is 0.386 e. The van der Waals surface area contributed by atoms with Gasteiger partial charge in [-0.15, -0.1) is 0 Å². The lowest BCUT2D eigenvalue weighted by molar-refractivity contribution is 0.0395. The number of aliphatic hydroxyl groups is 2. The lowest BCUT2D eigenvalue weighted by Crippen LogP contribution is -2.25. The van der Waals surface area contributed by atoms with E-state index in [9.17, 15) is 10.2 Å². The van der Waals surface area contributed by atoms with E-state index in [0.717, 1.165) is 24.0 Å². The molecule has 0 heterocycles. The molecule has 5 rings (SSSR count). The van der Waals surface area contributed by atoms with Crippen LogP contribution in [0.3, 0.4) is 0 Å². The summed E-state index contributed by atoms with van der Waals surface area (Å²) in [7, 11) is 0. The van der Waals surface area contributed by atoms with E-state index in [1.807, 2.05) is 13.0 Å². The highest BCUT2D eigenvalue weighted by molar-refractivity contribution is 6.10. The lowest BCUT2D eigenvalue weighted by atomic mass is 9.81. The second-order valence-corrected chi connectivity index (χ2v) is 6.75. The Morgan fingerprint density at radius 2 is 1.70 bits per heavy atom. The van der Waals surface area contributed by atoms with Gasteiger partial charge in [0.15, 0.2) is 0 Å². The van der Waals surface area contributed by atoms with Gasteiger partial charge >= 0.3 is 0 Å². The highest BCUT2D eigenvalue weighted by Gasteiger charge is 2.36. The second kappa shape index (κ2) is 4.44. The summed E-state index contributed by atoms with van der Waals surface area (Å²) in [5, 5.41) is 25.9. The third kappa shape index (κ3) is 1.60. The molecule has 2 heteroatoms. The quantitative estimate of drug-likeness (QED) is 0.613. The molecule has 0 aromatic heterocycles. The zero-order chi connectivity index (χ0) is 15.7. The number of hydrogen-bond acceptors (Lipinski definition) is 2. The van der Waals surface area contributed by atoms with Crippen LogP contribution >= 0.6 is 0 Å². The van der Waals surface area contributed by atoms with Gasteiger partial charge in [-0.1, -0.05) is 36.4 Å². The highest BCUT2D eigenvalue weighted by atomic mass is 16.3. The SMILES string of the molecule is CC1=C2CCc3c2c(cc2c3ccc3ccccc32)[C@H](O)[C@H]1O. The number of benzene rings is 3. The van der Waals surface area contributed by atoms with Gasteiger partial charge in [-0.05, 0) is 75.2 Å². The minimum atomic E-state index is -0.825. The van der Waals surface area contributed by atoms with Crippen LogP contribution in [0.15, 0.2) is 48.0 Å². The summed E-state index contributed by atoms with van der Waals surface area (Å²) in [6.45, 7) is 1.95. The molecule has 3 aromatic rings. The van der Waals surface area contributed by atoms with E-state index in [2.05, 4.69) is 36.4 Å². The van der Waals surface area contributed by atoms with Crippen LogP contribution in [0.2, 0.25) is 0 Å².